The Kier molecular flexibility index (Phi) is 30.1. The fourth-order valence-corrected chi connectivity index (χ4v) is 11.8. The van der Waals surface area contributed by atoms with E-state index in [2.05, 4.69) is 10.6 Å². The number of ketones is 2. The van der Waals surface area contributed by atoms with Gasteiger partial charge in [0.2, 0.25) is 11.8 Å². The Hall–Kier alpha value is -8.54. The first kappa shape index (κ1) is 76.6. The Morgan fingerprint density at radius 1 is 0.554 bits per heavy atom. The number of ether oxygens (including phenoxy) is 12. The van der Waals surface area contributed by atoms with Gasteiger partial charge in [-0.25, -0.2) is 0 Å². The van der Waals surface area contributed by atoms with Gasteiger partial charge in [-0.15, -0.1) is 0 Å². The zero-order chi connectivity index (χ0) is 71.5. The second-order valence-electron chi connectivity index (χ2n) is 25.4. The summed E-state index contributed by atoms with van der Waals surface area (Å²) in [5.74, 6) is -0.998. The van der Waals surface area contributed by atoms with Crippen LogP contribution in [-0.4, -0.2) is 232 Å². The van der Waals surface area contributed by atoms with Gasteiger partial charge >= 0.3 is 0 Å². The van der Waals surface area contributed by atoms with E-state index in [4.69, 9.17) is 66.8 Å². The molecule has 27 heteroatoms. The van der Waals surface area contributed by atoms with E-state index in [9.17, 15) is 38.4 Å². The molecule has 101 heavy (non-hydrogen) atoms. The lowest BCUT2D eigenvalue weighted by molar-refractivity contribution is -0.137. The van der Waals surface area contributed by atoms with Crippen LogP contribution in [0, 0.1) is 23.7 Å². The highest BCUT2D eigenvalue weighted by Crippen LogP contribution is 2.45. The summed E-state index contributed by atoms with van der Waals surface area (Å²) >= 11 is 0. The average Bonchev–Trinajstić information content (AvgIpc) is 1.65. The quantitative estimate of drug-likeness (QED) is 0.0409. The smallest absolute Gasteiger partial charge is 0.260 e. The zero-order valence-corrected chi connectivity index (χ0v) is 58.5. The molecule has 1 aliphatic carbocycles. The lowest BCUT2D eigenvalue weighted by Crippen LogP contribution is -2.35. The van der Waals surface area contributed by atoms with Crippen molar-refractivity contribution in [3.8, 4) is 23.0 Å². The minimum Gasteiger partial charge on any atom is -0.493 e. The molecular weight excluding hydrogens is 1310 g/mol. The molecule has 4 atom stereocenters. The van der Waals surface area contributed by atoms with Crippen LogP contribution >= 0.6 is 0 Å². The number of hydrogen-bond acceptors (Lipinski definition) is 22. The third-order valence-corrected chi connectivity index (χ3v) is 17.7. The van der Waals surface area contributed by atoms with Gasteiger partial charge in [-0.3, -0.25) is 53.2 Å². The number of amides is 6. The van der Waals surface area contributed by atoms with Crippen molar-refractivity contribution in [1.29, 1.82) is 0 Å². The first-order valence-electron chi connectivity index (χ1n) is 34.8. The summed E-state index contributed by atoms with van der Waals surface area (Å²) in [4.78, 5) is 117. The van der Waals surface area contributed by atoms with Crippen molar-refractivity contribution < 1.29 is 95.2 Å². The summed E-state index contributed by atoms with van der Waals surface area (Å²) in [5, 5.41) is 5.61. The lowest BCUT2D eigenvalue weighted by Gasteiger charge is -2.21. The van der Waals surface area contributed by atoms with Crippen molar-refractivity contribution in [2.75, 3.05) is 152 Å². The van der Waals surface area contributed by atoms with E-state index >= 15 is 0 Å². The normalized spacial score (nSPS) is 17.3. The largest absolute Gasteiger partial charge is 0.493 e. The Morgan fingerprint density at radius 2 is 1.04 bits per heavy atom. The van der Waals surface area contributed by atoms with Crippen LogP contribution in [0.1, 0.15) is 105 Å². The minimum atomic E-state index is -0.648. The number of fused-ring (bicyclic) bond motifs is 4. The highest BCUT2D eigenvalue weighted by atomic mass is 16.6. The summed E-state index contributed by atoms with van der Waals surface area (Å²) in [6.45, 7) is 12.3. The summed E-state index contributed by atoms with van der Waals surface area (Å²) in [7, 11) is 3.06. The van der Waals surface area contributed by atoms with Gasteiger partial charge in [0, 0.05) is 118 Å². The maximum absolute atomic E-state index is 14.2. The molecule has 2 N–H and O–H groups in total. The van der Waals surface area contributed by atoms with Crippen molar-refractivity contribution >= 4 is 82.1 Å². The number of carbonyl (C=O) groups is 8. The van der Waals surface area contributed by atoms with E-state index in [0.29, 0.717) is 176 Å². The van der Waals surface area contributed by atoms with E-state index in [1.165, 1.54) is 37.7 Å². The van der Waals surface area contributed by atoms with Gasteiger partial charge in [0.1, 0.15) is 11.6 Å². The molecule has 0 spiro atoms. The van der Waals surface area contributed by atoms with Crippen LogP contribution in [0.15, 0.2) is 88.6 Å². The second-order valence-corrected chi connectivity index (χ2v) is 25.4. The maximum atomic E-state index is 14.2. The molecule has 0 radical (unpaired) electrons. The molecule has 1 saturated carbocycles. The summed E-state index contributed by atoms with van der Waals surface area (Å²) in [6, 6.07) is 13.7. The third-order valence-electron chi connectivity index (χ3n) is 17.7. The summed E-state index contributed by atoms with van der Waals surface area (Å²) in [5.41, 5.74) is 5.46. The van der Waals surface area contributed by atoms with Gasteiger partial charge in [-0.1, -0.05) is 32.9 Å². The van der Waals surface area contributed by atoms with Crippen molar-refractivity contribution in [3.05, 3.63) is 95.3 Å². The fourth-order valence-electron chi connectivity index (χ4n) is 11.8. The van der Waals surface area contributed by atoms with Crippen LogP contribution in [0.2, 0.25) is 0 Å². The number of nitrogens with one attached hydrogen (secondary N) is 2. The molecule has 1 unspecified atom stereocenters. The summed E-state index contributed by atoms with van der Waals surface area (Å²) < 4.78 is 67.9. The molecule has 0 saturated heterocycles. The number of imide groups is 1. The Labute approximate surface area is 589 Å². The Bertz CT molecular complexity index is 3490. The molecule has 27 nitrogen and oxygen atoms in total. The van der Waals surface area contributed by atoms with Crippen molar-refractivity contribution in [2.45, 2.75) is 90.6 Å². The molecule has 546 valence electrons. The monoisotopic (exact) mass is 1400 g/mol. The Morgan fingerprint density at radius 3 is 1.53 bits per heavy atom. The number of carbonyl (C=O) groups excluding carboxylic acids is 8. The first-order valence-corrected chi connectivity index (χ1v) is 34.8. The maximum Gasteiger partial charge on any atom is 0.260 e. The molecule has 3 aromatic carbocycles. The minimum absolute atomic E-state index is 0.0175. The lowest BCUT2D eigenvalue weighted by atomic mass is 9.83. The molecule has 3 aromatic rings. The number of Topliss-reactive ketones (excluding diaryl/α,β-unsaturated/α-hetero) is 2. The predicted octanol–water partition coefficient (Wildman–Crippen LogP) is 7.47. The molecule has 6 amide bonds. The molecule has 6 aliphatic rings. The van der Waals surface area contributed by atoms with Crippen molar-refractivity contribution in [3.63, 3.8) is 0 Å². The number of nitrogens with zero attached hydrogens (tertiary/aromatic N) is 5. The molecule has 1 fully saturated rings. The number of rotatable bonds is 48. The third kappa shape index (κ3) is 23.0. The van der Waals surface area contributed by atoms with E-state index in [1.807, 2.05) is 44.6 Å². The van der Waals surface area contributed by atoms with E-state index in [0.717, 1.165) is 22.5 Å². The number of anilines is 1. The molecule has 9 rings (SSSR count). The van der Waals surface area contributed by atoms with E-state index in [1.54, 1.807) is 66.4 Å². The predicted molar refractivity (Wildman–Crippen MR) is 372 cm³/mol. The number of aliphatic imine (C=N–C) groups is 2. The highest BCUT2D eigenvalue weighted by Gasteiger charge is 2.39. The molecule has 0 aromatic heterocycles. The molecule has 0 bridgehead atoms. The van der Waals surface area contributed by atoms with Crippen molar-refractivity contribution in [2.24, 2.45) is 33.7 Å². The first-order chi connectivity index (χ1) is 49.1. The van der Waals surface area contributed by atoms with Crippen LogP contribution < -0.4 is 29.6 Å². The number of benzene rings is 3. The van der Waals surface area contributed by atoms with Gasteiger partial charge in [0.25, 0.3) is 23.6 Å². The van der Waals surface area contributed by atoms with Gasteiger partial charge in [0.05, 0.1) is 168 Å². The average molecular weight is 1400 g/mol. The second kappa shape index (κ2) is 39.6. The van der Waals surface area contributed by atoms with Crippen LogP contribution in [0.4, 0.5) is 17.1 Å². The van der Waals surface area contributed by atoms with E-state index in [-0.39, 0.29) is 105 Å². The Balaban J connectivity index is 0.570. The number of methoxy groups -OCH3 is 2. The van der Waals surface area contributed by atoms with Crippen LogP contribution in [0.5, 0.6) is 23.0 Å². The summed E-state index contributed by atoms with van der Waals surface area (Å²) in [6.07, 6.45) is 14.2. The van der Waals surface area contributed by atoms with Gasteiger partial charge in [-0.2, -0.15) is 0 Å². The number of hydrogen-bond donors (Lipinski definition) is 2. The highest BCUT2D eigenvalue weighted by molar-refractivity contribution is 6.13. The van der Waals surface area contributed by atoms with Crippen LogP contribution in [-0.2, 0) is 66.7 Å². The van der Waals surface area contributed by atoms with Crippen LogP contribution in [0.25, 0.3) is 5.57 Å². The van der Waals surface area contributed by atoms with Gasteiger partial charge in [0.15, 0.2) is 23.0 Å². The van der Waals surface area contributed by atoms with Crippen LogP contribution in [0.3, 0.4) is 0 Å². The zero-order valence-electron chi connectivity index (χ0n) is 58.5. The molecular formula is C74H95N7O20. The van der Waals surface area contributed by atoms with E-state index < -0.39 is 23.7 Å². The van der Waals surface area contributed by atoms with Gasteiger partial charge in [-0.05, 0) is 72.1 Å². The molecule has 5 heterocycles. The standard InChI is InChI=1S/C74H95N7O20/c1-49(2)59(40-58(82)16-21-92-23-25-94-27-29-96-31-33-98-35-36-99-34-32-97-30-28-95-26-24-93-22-17-75-69(84)15-18-79-70(85)13-14-71(79)86)64(83)37-50(3)72(87)78-55-11-9-52(10-12-55)54-39-57-46-77-63-44-68(66(91-5)42-61(63)74(89)81(57)48-54)101-20-6-19-100-67-43-62-60(41-65(67)90-4)73(88)80-47-53(51-7-8-51)38-56(80)45-76-62/h9-14,41-51,56-57,59H,6-8,15-40H2,1-5H3,(H,75,84)(H,78,87)/t50-,56+,57+,59?/m1/s1. The topological polar surface area (TPSA) is 306 Å². The fraction of sp³-hybridized carbons (Fsp3) is 0.541. The molecule has 5 aliphatic heterocycles. The van der Waals surface area contributed by atoms with Crippen molar-refractivity contribution in [1.82, 2.24) is 20.0 Å². The SMILES string of the molecule is COc1cc2c(cc1OCCCOc1cc3c(cc1OC)C(=O)N1C=C(C4CC4)C[C@H]1C=N3)N=C[C@@H]1CC(c3ccc(NC(=O)[C@H](C)CC(=O)C(CC(=O)CCOCCOCCOCCOCCOCCOCCOCCOCCNC(=O)CCN4C(=O)C=CC4=O)C(C)C)cc3)=CN1C2=O. The van der Waals surface area contributed by atoms with Gasteiger partial charge < -0.3 is 77.3 Å².